The Morgan fingerprint density at radius 1 is 1.24 bits per heavy atom. The second-order valence-corrected chi connectivity index (χ2v) is 7.04. The van der Waals surface area contributed by atoms with Crippen LogP contribution in [0.1, 0.15) is 38.5 Å². The van der Waals surface area contributed by atoms with E-state index in [1.54, 1.807) is 0 Å². The minimum absolute atomic E-state index is 0.00984. The molecule has 1 N–H and O–H groups in total. The summed E-state index contributed by atoms with van der Waals surface area (Å²) in [5.74, 6) is -1.74. The van der Waals surface area contributed by atoms with Crippen molar-refractivity contribution in [3.05, 3.63) is 0 Å². The topological polar surface area (TPSA) is 32.3 Å². The van der Waals surface area contributed by atoms with Crippen LogP contribution in [-0.4, -0.2) is 43.2 Å². The predicted octanol–water partition coefficient (Wildman–Crippen LogP) is 2.57. The summed E-state index contributed by atoms with van der Waals surface area (Å²) in [7, 11) is 0. The number of likely N-dealkylation sites (tertiary alicyclic amines) is 1. The van der Waals surface area contributed by atoms with Crippen LogP contribution in [0.5, 0.6) is 0 Å². The van der Waals surface area contributed by atoms with Gasteiger partial charge in [0.2, 0.25) is 5.91 Å². The Balaban J connectivity index is 1.60. The van der Waals surface area contributed by atoms with Crippen molar-refractivity contribution in [2.75, 3.05) is 26.2 Å². The number of nitrogens with one attached hydrogen (secondary N) is 1. The Morgan fingerprint density at radius 2 is 2.05 bits per heavy atom. The van der Waals surface area contributed by atoms with E-state index in [0.29, 0.717) is 19.4 Å². The van der Waals surface area contributed by atoms with E-state index < -0.39 is 18.0 Å². The van der Waals surface area contributed by atoms with E-state index >= 15 is 0 Å². The van der Waals surface area contributed by atoms with Gasteiger partial charge < -0.3 is 10.2 Å². The summed E-state index contributed by atoms with van der Waals surface area (Å²) in [6.45, 7) is 3.37. The van der Waals surface area contributed by atoms with Gasteiger partial charge >= 0.3 is 6.18 Å². The first-order valence-corrected chi connectivity index (χ1v) is 7.96. The normalized spacial score (nSPS) is 37.4. The molecule has 3 nitrogen and oxygen atoms in total. The van der Waals surface area contributed by atoms with Crippen molar-refractivity contribution >= 4 is 5.91 Å². The molecule has 1 amide bonds. The van der Waals surface area contributed by atoms with Gasteiger partial charge in [0, 0.05) is 31.0 Å². The Hall–Kier alpha value is -0.780. The summed E-state index contributed by atoms with van der Waals surface area (Å²) in [5, 5.41) is 3.33. The van der Waals surface area contributed by atoms with Crippen molar-refractivity contribution in [2.24, 2.45) is 17.3 Å². The minimum Gasteiger partial charge on any atom is -0.342 e. The zero-order valence-corrected chi connectivity index (χ0v) is 12.2. The molecule has 1 spiro atoms. The number of hydrogen-bond acceptors (Lipinski definition) is 2. The van der Waals surface area contributed by atoms with E-state index in [1.807, 2.05) is 4.90 Å². The number of carbonyl (C=O) groups excluding carboxylic acids is 1. The standard InChI is InChI=1S/C15H23F3N2O/c16-15(17,18)12-3-1-2-11(8-12)13(21)20-7-5-14(10-20)4-6-19-9-14/h11-12,19H,1-10H2. The highest BCUT2D eigenvalue weighted by atomic mass is 19.4. The molecule has 0 aromatic rings. The lowest BCUT2D eigenvalue weighted by atomic mass is 9.80. The first kappa shape index (κ1) is 15.1. The molecular weight excluding hydrogens is 281 g/mol. The molecule has 0 bridgehead atoms. The zero-order chi connectivity index (χ0) is 15.1. The van der Waals surface area contributed by atoms with Crippen LogP contribution in [0.15, 0.2) is 0 Å². The first-order chi connectivity index (χ1) is 9.90. The maximum atomic E-state index is 12.9. The largest absolute Gasteiger partial charge is 0.391 e. The number of alkyl halides is 3. The number of amides is 1. The van der Waals surface area contributed by atoms with Crippen LogP contribution < -0.4 is 5.32 Å². The Bertz CT molecular complexity index is 404. The highest BCUT2D eigenvalue weighted by Crippen LogP contribution is 2.42. The molecule has 2 saturated heterocycles. The van der Waals surface area contributed by atoms with Gasteiger partial charge in [-0.25, -0.2) is 0 Å². The Labute approximate surface area is 123 Å². The molecule has 0 aromatic heterocycles. The lowest BCUT2D eigenvalue weighted by Crippen LogP contribution is -2.40. The number of halogens is 3. The highest BCUT2D eigenvalue weighted by molar-refractivity contribution is 5.79. The second kappa shape index (κ2) is 5.45. The number of rotatable bonds is 1. The molecule has 3 atom stereocenters. The van der Waals surface area contributed by atoms with E-state index in [2.05, 4.69) is 5.32 Å². The van der Waals surface area contributed by atoms with Crippen LogP contribution >= 0.6 is 0 Å². The summed E-state index contributed by atoms with van der Waals surface area (Å²) < 4.78 is 38.6. The molecule has 6 heteroatoms. The van der Waals surface area contributed by atoms with Crippen LogP contribution in [0.4, 0.5) is 13.2 Å². The molecule has 3 fully saturated rings. The van der Waals surface area contributed by atoms with Gasteiger partial charge in [-0.3, -0.25) is 4.79 Å². The summed E-state index contributed by atoms with van der Waals surface area (Å²) >= 11 is 0. The average molecular weight is 304 g/mol. The van der Waals surface area contributed by atoms with E-state index in [0.717, 1.165) is 32.5 Å². The fraction of sp³-hybridized carbons (Fsp3) is 0.933. The van der Waals surface area contributed by atoms with E-state index in [-0.39, 0.29) is 24.2 Å². The minimum atomic E-state index is -4.15. The molecule has 1 saturated carbocycles. The second-order valence-electron chi connectivity index (χ2n) is 7.04. The van der Waals surface area contributed by atoms with Gasteiger partial charge in [0.25, 0.3) is 0 Å². The number of hydrogen-bond donors (Lipinski definition) is 1. The number of carbonyl (C=O) groups is 1. The maximum absolute atomic E-state index is 12.9. The lowest BCUT2D eigenvalue weighted by molar-refractivity contribution is -0.187. The van der Waals surface area contributed by atoms with E-state index in [1.165, 1.54) is 0 Å². The van der Waals surface area contributed by atoms with Crippen molar-refractivity contribution < 1.29 is 18.0 Å². The van der Waals surface area contributed by atoms with Gasteiger partial charge in [-0.15, -0.1) is 0 Å². The molecule has 0 aromatic carbocycles. The summed E-state index contributed by atoms with van der Waals surface area (Å²) in [4.78, 5) is 14.4. The van der Waals surface area contributed by atoms with Gasteiger partial charge in [-0.1, -0.05) is 6.42 Å². The van der Waals surface area contributed by atoms with Crippen LogP contribution in [0.3, 0.4) is 0 Å². The quantitative estimate of drug-likeness (QED) is 0.807. The molecule has 120 valence electrons. The van der Waals surface area contributed by atoms with Crippen LogP contribution in [0, 0.1) is 17.3 Å². The summed E-state index contributed by atoms with van der Waals surface area (Å²) in [6, 6.07) is 0. The van der Waals surface area contributed by atoms with Crippen molar-refractivity contribution in [1.82, 2.24) is 10.2 Å². The molecule has 1 aliphatic carbocycles. The molecule has 3 aliphatic rings. The lowest BCUT2D eigenvalue weighted by Gasteiger charge is -2.32. The molecule has 3 rings (SSSR count). The van der Waals surface area contributed by atoms with E-state index in [4.69, 9.17) is 0 Å². The van der Waals surface area contributed by atoms with Gasteiger partial charge in [0.05, 0.1) is 5.92 Å². The van der Waals surface area contributed by atoms with Crippen molar-refractivity contribution in [1.29, 1.82) is 0 Å². The third kappa shape index (κ3) is 3.05. The molecule has 2 aliphatic heterocycles. The van der Waals surface area contributed by atoms with Crippen molar-refractivity contribution in [3.8, 4) is 0 Å². The Morgan fingerprint density at radius 3 is 2.71 bits per heavy atom. The zero-order valence-electron chi connectivity index (χ0n) is 12.2. The number of nitrogens with zero attached hydrogens (tertiary/aromatic N) is 1. The van der Waals surface area contributed by atoms with Gasteiger partial charge in [0.15, 0.2) is 0 Å². The first-order valence-electron chi connectivity index (χ1n) is 7.96. The molecule has 21 heavy (non-hydrogen) atoms. The van der Waals surface area contributed by atoms with Crippen LogP contribution in [0.2, 0.25) is 0 Å². The summed E-state index contributed by atoms with van der Waals surface area (Å²) in [5.41, 5.74) is 0.188. The van der Waals surface area contributed by atoms with Crippen LogP contribution in [-0.2, 0) is 4.79 Å². The van der Waals surface area contributed by atoms with Gasteiger partial charge in [-0.2, -0.15) is 13.2 Å². The van der Waals surface area contributed by atoms with Crippen molar-refractivity contribution in [2.45, 2.75) is 44.7 Å². The predicted molar refractivity (Wildman–Crippen MR) is 72.6 cm³/mol. The monoisotopic (exact) mass is 304 g/mol. The molecular formula is C15H23F3N2O. The third-order valence-corrected chi connectivity index (χ3v) is 5.57. The highest BCUT2D eigenvalue weighted by Gasteiger charge is 2.47. The average Bonchev–Trinajstić information content (AvgIpc) is 3.08. The van der Waals surface area contributed by atoms with Gasteiger partial charge in [0.1, 0.15) is 0 Å². The molecule has 0 radical (unpaired) electrons. The molecule has 2 heterocycles. The van der Waals surface area contributed by atoms with Crippen molar-refractivity contribution in [3.63, 3.8) is 0 Å². The third-order valence-electron chi connectivity index (χ3n) is 5.57. The SMILES string of the molecule is O=C(C1CCCC(C(F)(F)F)C1)N1CCC2(CCNC2)C1. The fourth-order valence-corrected chi connectivity index (χ4v) is 4.24. The maximum Gasteiger partial charge on any atom is 0.391 e. The Kier molecular flexibility index (Phi) is 3.93. The van der Waals surface area contributed by atoms with Crippen LogP contribution in [0.25, 0.3) is 0 Å². The summed E-state index contributed by atoms with van der Waals surface area (Å²) in [6.07, 6.45) is -0.784. The molecule has 3 unspecified atom stereocenters. The van der Waals surface area contributed by atoms with Gasteiger partial charge in [-0.05, 0) is 38.6 Å². The fourth-order valence-electron chi connectivity index (χ4n) is 4.24. The smallest absolute Gasteiger partial charge is 0.342 e. The van der Waals surface area contributed by atoms with E-state index in [9.17, 15) is 18.0 Å².